The number of hydrogen-bond donors (Lipinski definition) is 1. The number of anilines is 1. The molecule has 0 radical (unpaired) electrons. The smallest absolute Gasteiger partial charge is 0.174 e. The van der Waals surface area contributed by atoms with Crippen molar-refractivity contribution in [1.29, 1.82) is 0 Å². The Morgan fingerprint density at radius 1 is 1.08 bits per heavy atom. The molecule has 2 aromatic heterocycles. The lowest BCUT2D eigenvalue weighted by atomic mass is 10.0. The Labute approximate surface area is 172 Å². The molecule has 3 aromatic rings. The summed E-state index contributed by atoms with van der Waals surface area (Å²) in [5, 5.41) is 6.28. The minimum absolute atomic E-state index is 0.00268. The molecule has 0 saturated carbocycles. The van der Waals surface area contributed by atoms with Crippen molar-refractivity contribution in [2.75, 3.05) is 4.90 Å². The van der Waals surface area contributed by atoms with Gasteiger partial charge in [0, 0.05) is 31.1 Å². The molecule has 0 aliphatic carbocycles. The lowest BCUT2D eigenvalue weighted by Crippen LogP contribution is -2.28. The van der Waals surface area contributed by atoms with E-state index in [1.54, 1.807) is 11.3 Å². The number of nitrogens with zero attached hydrogens (tertiary/aromatic N) is 2. The first-order chi connectivity index (χ1) is 12.1. The van der Waals surface area contributed by atoms with Crippen LogP contribution in [0.5, 0.6) is 0 Å². The average Bonchev–Trinajstić information content (AvgIpc) is 3.20. The lowest BCUT2D eigenvalue weighted by Gasteiger charge is -2.26. The Morgan fingerprint density at radius 3 is 2.52 bits per heavy atom. The van der Waals surface area contributed by atoms with E-state index in [2.05, 4.69) is 70.6 Å². The van der Waals surface area contributed by atoms with Gasteiger partial charge in [0.25, 0.3) is 0 Å². The Bertz CT molecular complexity index is 896. The molecule has 126 valence electrons. The van der Waals surface area contributed by atoms with Crippen LogP contribution in [0.25, 0.3) is 0 Å². The van der Waals surface area contributed by atoms with Crippen molar-refractivity contribution >= 4 is 66.2 Å². The van der Waals surface area contributed by atoms with Crippen molar-refractivity contribution < 1.29 is 0 Å². The molecule has 1 aliphatic rings. The fourth-order valence-corrected chi connectivity index (χ4v) is 5.19. The molecule has 1 saturated heterocycles. The number of aromatic nitrogens is 1. The van der Waals surface area contributed by atoms with Crippen molar-refractivity contribution in [3.63, 3.8) is 0 Å². The Kier molecular flexibility index (Phi) is 4.90. The van der Waals surface area contributed by atoms with Gasteiger partial charge in [-0.3, -0.25) is 4.98 Å². The molecule has 0 bridgehead atoms. The fourth-order valence-electron chi connectivity index (χ4n) is 3.01. The van der Waals surface area contributed by atoms with Gasteiger partial charge in [-0.25, -0.2) is 0 Å². The summed E-state index contributed by atoms with van der Waals surface area (Å²) in [5.74, 6) is 0. The molecule has 4 rings (SSSR count). The van der Waals surface area contributed by atoms with Crippen LogP contribution in [0.1, 0.15) is 22.7 Å². The molecule has 2 unspecified atom stereocenters. The normalized spacial score (nSPS) is 19.9. The van der Waals surface area contributed by atoms with Gasteiger partial charge in [-0.05, 0) is 70.6 Å². The van der Waals surface area contributed by atoms with Gasteiger partial charge in [-0.1, -0.05) is 22.0 Å². The molecule has 7 heteroatoms. The molecule has 0 spiro atoms. The first kappa shape index (κ1) is 17.1. The maximum atomic E-state index is 5.68. The zero-order valence-electron chi connectivity index (χ0n) is 12.9. The Hall–Kier alpha value is -1.28. The van der Waals surface area contributed by atoms with E-state index in [1.165, 1.54) is 4.88 Å². The number of thiocarbonyl (C=S) groups is 1. The predicted molar refractivity (Wildman–Crippen MR) is 114 cm³/mol. The van der Waals surface area contributed by atoms with Crippen LogP contribution in [-0.2, 0) is 0 Å². The first-order valence-corrected chi connectivity index (χ1v) is 10.5. The lowest BCUT2D eigenvalue weighted by molar-refractivity contribution is 0.575. The molecule has 0 amide bonds. The van der Waals surface area contributed by atoms with Crippen LogP contribution in [0, 0.1) is 0 Å². The first-order valence-electron chi connectivity index (χ1n) is 7.63. The molecule has 1 fully saturated rings. The second-order valence-electron chi connectivity index (χ2n) is 5.64. The SMILES string of the molecule is S=C1NC(c2ccccn2)C(c2cc(Br)cs2)N1c1ccc(Br)cc1. The van der Waals surface area contributed by atoms with Crippen LogP contribution in [0.4, 0.5) is 5.69 Å². The summed E-state index contributed by atoms with van der Waals surface area (Å²) >= 11 is 14.5. The number of hydrogen-bond acceptors (Lipinski definition) is 3. The Morgan fingerprint density at radius 2 is 1.88 bits per heavy atom. The topological polar surface area (TPSA) is 28.2 Å². The van der Waals surface area contributed by atoms with Gasteiger partial charge in [0.05, 0.1) is 17.8 Å². The highest BCUT2D eigenvalue weighted by Gasteiger charge is 2.41. The van der Waals surface area contributed by atoms with E-state index in [-0.39, 0.29) is 12.1 Å². The Balaban J connectivity index is 1.81. The van der Waals surface area contributed by atoms with Gasteiger partial charge in [0.2, 0.25) is 0 Å². The van der Waals surface area contributed by atoms with Crippen LogP contribution in [-0.4, -0.2) is 10.1 Å². The van der Waals surface area contributed by atoms with Crippen LogP contribution >= 0.6 is 55.4 Å². The standard InChI is InChI=1S/C18H13Br2N3S2/c19-11-4-6-13(7-5-11)23-17(15-9-12(20)10-25-15)16(22-18(23)24)14-3-1-2-8-21-14/h1-10,16-17H,(H,22,24). The van der Waals surface area contributed by atoms with Crippen LogP contribution in [0.2, 0.25) is 0 Å². The van der Waals surface area contributed by atoms with Crippen molar-refractivity contribution in [3.05, 3.63) is 79.6 Å². The average molecular weight is 495 g/mol. The number of pyridine rings is 1. The molecule has 1 aromatic carbocycles. The highest BCUT2D eigenvalue weighted by Crippen LogP contribution is 2.44. The molecule has 3 heterocycles. The monoisotopic (exact) mass is 493 g/mol. The van der Waals surface area contributed by atoms with E-state index in [4.69, 9.17) is 12.2 Å². The number of rotatable bonds is 3. The van der Waals surface area contributed by atoms with Gasteiger partial charge >= 0.3 is 0 Å². The van der Waals surface area contributed by atoms with E-state index in [1.807, 2.05) is 36.5 Å². The molecule has 3 nitrogen and oxygen atoms in total. The van der Waals surface area contributed by atoms with E-state index < -0.39 is 0 Å². The van der Waals surface area contributed by atoms with Crippen LogP contribution < -0.4 is 10.2 Å². The van der Waals surface area contributed by atoms with Crippen LogP contribution in [0.3, 0.4) is 0 Å². The minimum Gasteiger partial charge on any atom is -0.351 e. The molecule has 25 heavy (non-hydrogen) atoms. The van der Waals surface area contributed by atoms with Gasteiger partial charge in [-0.2, -0.15) is 0 Å². The van der Waals surface area contributed by atoms with Gasteiger partial charge in [0.1, 0.15) is 0 Å². The second kappa shape index (κ2) is 7.15. The zero-order valence-corrected chi connectivity index (χ0v) is 17.7. The van der Waals surface area contributed by atoms with Crippen molar-refractivity contribution in [3.8, 4) is 0 Å². The van der Waals surface area contributed by atoms with E-state index in [0.717, 1.165) is 20.3 Å². The third-order valence-corrected chi connectivity index (χ3v) is 6.69. The molecule has 1 N–H and O–H groups in total. The summed E-state index contributed by atoms with van der Waals surface area (Å²) in [4.78, 5) is 7.97. The maximum absolute atomic E-state index is 5.68. The number of thiophene rings is 1. The van der Waals surface area contributed by atoms with Gasteiger partial charge in [-0.15, -0.1) is 11.3 Å². The molecule has 2 atom stereocenters. The molecular weight excluding hydrogens is 482 g/mol. The van der Waals surface area contributed by atoms with E-state index in [0.29, 0.717) is 5.11 Å². The summed E-state index contributed by atoms with van der Waals surface area (Å²) < 4.78 is 2.13. The summed E-state index contributed by atoms with van der Waals surface area (Å²) in [6.07, 6.45) is 1.82. The van der Waals surface area contributed by atoms with Gasteiger partial charge < -0.3 is 10.2 Å². The molecule has 1 aliphatic heterocycles. The number of nitrogens with one attached hydrogen (secondary N) is 1. The fraction of sp³-hybridized carbons (Fsp3) is 0.111. The maximum Gasteiger partial charge on any atom is 0.174 e. The number of halogens is 2. The summed E-state index contributed by atoms with van der Waals surface area (Å²) in [5.41, 5.74) is 2.05. The summed E-state index contributed by atoms with van der Waals surface area (Å²) in [6, 6.07) is 16.4. The van der Waals surface area contributed by atoms with E-state index in [9.17, 15) is 0 Å². The quantitative estimate of drug-likeness (QED) is 0.462. The second-order valence-corrected chi connectivity index (χ2v) is 8.80. The summed E-state index contributed by atoms with van der Waals surface area (Å²) in [7, 11) is 0. The molecular formula is C18H13Br2N3S2. The third-order valence-electron chi connectivity index (χ3n) is 4.08. The largest absolute Gasteiger partial charge is 0.351 e. The zero-order chi connectivity index (χ0) is 17.4. The van der Waals surface area contributed by atoms with Crippen molar-refractivity contribution in [1.82, 2.24) is 10.3 Å². The highest BCUT2D eigenvalue weighted by atomic mass is 79.9. The van der Waals surface area contributed by atoms with Gasteiger partial charge in [0.15, 0.2) is 5.11 Å². The predicted octanol–water partition coefficient (Wildman–Crippen LogP) is 5.85. The third kappa shape index (κ3) is 3.38. The summed E-state index contributed by atoms with van der Waals surface area (Å²) in [6.45, 7) is 0. The van der Waals surface area contributed by atoms with Crippen molar-refractivity contribution in [2.24, 2.45) is 0 Å². The van der Waals surface area contributed by atoms with Crippen LogP contribution in [0.15, 0.2) is 69.1 Å². The highest BCUT2D eigenvalue weighted by molar-refractivity contribution is 9.10. The van der Waals surface area contributed by atoms with Crippen molar-refractivity contribution in [2.45, 2.75) is 12.1 Å². The minimum atomic E-state index is 0.00268. The number of benzene rings is 1. The van der Waals surface area contributed by atoms with E-state index >= 15 is 0 Å².